The van der Waals surface area contributed by atoms with Gasteiger partial charge in [-0.3, -0.25) is 4.79 Å². The van der Waals surface area contributed by atoms with Gasteiger partial charge in [-0.15, -0.1) is 12.4 Å². The lowest BCUT2D eigenvalue weighted by Crippen LogP contribution is -2.41. The molecule has 0 unspecified atom stereocenters. The summed E-state index contributed by atoms with van der Waals surface area (Å²) >= 11 is 0. The summed E-state index contributed by atoms with van der Waals surface area (Å²) in [4.78, 5) is 11.5. The summed E-state index contributed by atoms with van der Waals surface area (Å²) in [5.41, 5.74) is 1.30. The topological polar surface area (TPSA) is 60.8 Å². The molecule has 0 amide bonds. The fraction of sp³-hybridized carbons (Fsp3) is 0.409. The molecule has 2 atom stereocenters. The van der Waals surface area contributed by atoms with Crippen LogP contribution in [-0.2, 0) is 16.8 Å². The van der Waals surface area contributed by atoms with E-state index in [-0.39, 0.29) is 24.7 Å². The van der Waals surface area contributed by atoms with Gasteiger partial charge in [-0.1, -0.05) is 74.5 Å². The molecule has 0 fully saturated rings. The minimum absolute atomic E-state index is 0. The lowest BCUT2D eigenvalue weighted by atomic mass is 9.77. The number of hydrogen-bond donors (Lipinski definition) is 2. The van der Waals surface area contributed by atoms with E-state index in [9.17, 15) is 9.90 Å². The van der Waals surface area contributed by atoms with Gasteiger partial charge in [0, 0.05) is 25.3 Å². The molecule has 0 spiro atoms. The van der Waals surface area contributed by atoms with Crippen molar-refractivity contribution in [3.63, 3.8) is 0 Å². The van der Waals surface area contributed by atoms with Crippen molar-refractivity contribution in [1.82, 2.24) is 4.90 Å². The molecule has 5 heteroatoms. The Morgan fingerprint density at radius 2 is 1.48 bits per heavy atom. The number of rotatable bonds is 7. The average molecular weight is 394 g/mol. The van der Waals surface area contributed by atoms with E-state index >= 15 is 0 Å². The van der Waals surface area contributed by atoms with Crippen molar-refractivity contribution in [1.29, 1.82) is 0 Å². The monoisotopic (exact) mass is 393 g/mol. The number of carboxylic acids is 1. The Bertz CT molecular complexity index is 649. The molecule has 2 N–H and O–H groups in total. The Hall–Kier alpha value is -1.88. The predicted molar refractivity (Wildman–Crippen MR) is 113 cm³/mol. The zero-order valence-electron chi connectivity index (χ0n) is 16.6. The van der Waals surface area contributed by atoms with E-state index in [1.54, 1.807) is 6.92 Å². The minimum atomic E-state index is -0.854. The number of nitrogens with zero attached hydrogens (tertiary/aromatic N) is 1. The lowest BCUT2D eigenvalue weighted by Gasteiger charge is -2.36. The van der Waals surface area contributed by atoms with E-state index in [1.807, 2.05) is 62.6 Å². The molecule has 0 heterocycles. The second-order valence-corrected chi connectivity index (χ2v) is 6.86. The van der Waals surface area contributed by atoms with Crippen molar-refractivity contribution in [2.24, 2.45) is 5.92 Å². The summed E-state index contributed by atoms with van der Waals surface area (Å²) in [6.07, 6.45) is 0.854. The number of benzene rings is 2. The van der Waals surface area contributed by atoms with Crippen molar-refractivity contribution in [2.45, 2.75) is 32.3 Å². The molecule has 27 heavy (non-hydrogen) atoms. The smallest absolute Gasteiger partial charge is 0.303 e. The summed E-state index contributed by atoms with van der Waals surface area (Å²) in [6, 6.07) is 20.2. The molecular weight excluding hydrogens is 362 g/mol. The van der Waals surface area contributed by atoms with Gasteiger partial charge in [0.2, 0.25) is 0 Å². The predicted octanol–water partition coefficient (Wildman–Crippen LogP) is 4.22. The first-order chi connectivity index (χ1) is 12.3. The van der Waals surface area contributed by atoms with Gasteiger partial charge in [0.1, 0.15) is 0 Å². The Kier molecular flexibility index (Phi) is 11.6. The first-order valence-corrected chi connectivity index (χ1v) is 8.98. The molecule has 0 aliphatic rings. The standard InChI is InChI=1S/C19H25NO.C3H6O2.ClH/c1-16(15-20(2)3)19(21,18-12-8-5-9-13-18)14-17-10-6-4-7-11-17;1-2-3(4)5;/h4-13,16,21H,14-15H2,1-3H3;2H2,1H3,(H,4,5);1H/t16-,19+;;/m1../s1. The average Bonchev–Trinajstić information content (AvgIpc) is 2.63. The second-order valence-electron chi connectivity index (χ2n) is 6.86. The highest BCUT2D eigenvalue weighted by Crippen LogP contribution is 2.33. The van der Waals surface area contributed by atoms with E-state index in [2.05, 4.69) is 24.0 Å². The number of halogens is 1. The third-order valence-corrected chi connectivity index (χ3v) is 4.35. The summed E-state index contributed by atoms with van der Waals surface area (Å²) in [5.74, 6) is -0.611. The molecule has 4 nitrogen and oxygen atoms in total. The van der Waals surface area contributed by atoms with E-state index in [0.29, 0.717) is 6.42 Å². The van der Waals surface area contributed by atoms with E-state index in [4.69, 9.17) is 5.11 Å². The maximum absolute atomic E-state index is 11.4. The third kappa shape index (κ3) is 8.57. The molecule has 0 saturated carbocycles. The molecule has 0 saturated heterocycles. The van der Waals surface area contributed by atoms with Gasteiger partial charge in [0.25, 0.3) is 0 Å². The van der Waals surface area contributed by atoms with Crippen LogP contribution in [-0.4, -0.2) is 41.7 Å². The van der Waals surface area contributed by atoms with Crippen LogP contribution in [0.3, 0.4) is 0 Å². The van der Waals surface area contributed by atoms with Crippen LogP contribution in [0.2, 0.25) is 0 Å². The van der Waals surface area contributed by atoms with Crippen LogP contribution in [0.15, 0.2) is 60.7 Å². The van der Waals surface area contributed by atoms with Crippen LogP contribution < -0.4 is 0 Å². The number of aliphatic carboxylic acids is 1. The van der Waals surface area contributed by atoms with Crippen LogP contribution in [0.5, 0.6) is 0 Å². The van der Waals surface area contributed by atoms with Crippen LogP contribution in [0, 0.1) is 5.92 Å². The van der Waals surface area contributed by atoms with E-state index in [1.165, 1.54) is 0 Å². The molecular formula is C22H32ClNO3. The number of carboxylic acid groups (broad SMARTS) is 1. The largest absolute Gasteiger partial charge is 0.481 e. The van der Waals surface area contributed by atoms with E-state index < -0.39 is 11.6 Å². The summed E-state index contributed by atoms with van der Waals surface area (Å²) in [5, 5.41) is 19.1. The van der Waals surface area contributed by atoms with E-state index in [0.717, 1.165) is 17.7 Å². The van der Waals surface area contributed by atoms with Crippen molar-refractivity contribution in [3.8, 4) is 0 Å². The molecule has 0 aliphatic carbocycles. The maximum Gasteiger partial charge on any atom is 0.303 e. The Morgan fingerprint density at radius 3 is 1.89 bits per heavy atom. The molecule has 0 radical (unpaired) electrons. The fourth-order valence-electron chi connectivity index (χ4n) is 2.89. The van der Waals surface area contributed by atoms with Crippen LogP contribution in [0.1, 0.15) is 31.4 Å². The van der Waals surface area contributed by atoms with Crippen LogP contribution in [0.25, 0.3) is 0 Å². The molecule has 0 aliphatic heterocycles. The third-order valence-electron chi connectivity index (χ3n) is 4.35. The van der Waals surface area contributed by atoms with Gasteiger partial charge >= 0.3 is 5.97 Å². The first-order valence-electron chi connectivity index (χ1n) is 8.98. The summed E-state index contributed by atoms with van der Waals surface area (Å²) in [6.45, 7) is 4.57. The van der Waals surface area contributed by atoms with Crippen molar-refractivity contribution >= 4 is 18.4 Å². The highest BCUT2D eigenvalue weighted by atomic mass is 35.5. The Morgan fingerprint density at radius 1 is 1.04 bits per heavy atom. The molecule has 150 valence electrons. The molecule has 2 aromatic rings. The normalized spacial score (nSPS) is 13.6. The van der Waals surface area contributed by atoms with Gasteiger partial charge < -0.3 is 15.1 Å². The first kappa shape index (κ1) is 25.1. The number of aliphatic hydroxyl groups is 1. The molecule has 0 aromatic heterocycles. The van der Waals surface area contributed by atoms with Crippen molar-refractivity contribution in [2.75, 3.05) is 20.6 Å². The zero-order chi connectivity index (χ0) is 19.6. The Balaban J connectivity index is 0.00000100. The lowest BCUT2D eigenvalue weighted by molar-refractivity contribution is -0.136. The number of hydrogen-bond acceptors (Lipinski definition) is 3. The number of carbonyl (C=O) groups is 1. The second kappa shape index (κ2) is 12.5. The molecule has 2 aromatic carbocycles. The molecule has 0 bridgehead atoms. The summed E-state index contributed by atoms with van der Waals surface area (Å²) < 4.78 is 0. The van der Waals surface area contributed by atoms with Gasteiger partial charge in [0.05, 0.1) is 5.60 Å². The van der Waals surface area contributed by atoms with Gasteiger partial charge in [-0.2, -0.15) is 0 Å². The van der Waals surface area contributed by atoms with Crippen molar-refractivity contribution < 1.29 is 15.0 Å². The highest BCUT2D eigenvalue weighted by Gasteiger charge is 2.35. The highest BCUT2D eigenvalue weighted by molar-refractivity contribution is 5.85. The van der Waals surface area contributed by atoms with Crippen LogP contribution in [0.4, 0.5) is 0 Å². The van der Waals surface area contributed by atoms with Gasteiger partial charge in [0.15, 0.2) is 0 Å². The van der Waals surface area contributed by atoms with Crippen molar-refractivity contribution in [3.05, 3.63) is 71.8 Å². The SMILES string of the molecule is CCC(=O)O.C[C@H](CN(C)C)[C@@](O)(Cc1ccccc1)c1ccccc1.Cl. The zero-order valence-corrected chi connectivity index (χ0v) is 17.4. The Labute approximate surface area is 169 Å². The maximum atomic E-state index is 11.4. The summed E-state index contributed by atoms with van der Waals surface area (Å²) in [7, 11) is 4.09. The minimum Gasteiger partial charge on any atom is -0.481 e. The molecule has 2 rings (SSSR count). The van der Waals surface area contributed by atoms with Gasteiger partial charge in [-0.05, 0) is 25.2 Å². The quantitative estimate of drug-likeness (QED) is 0.739. The van der Waals surface area contributed by atoms with Crippen LogP contribution >= 0.6 is 12.4 Å². The fourth-order valence-corrected chi connectivity index (χ4v) is 2.89. The van der Waals surface area contributed by atoms with Gasteiger partial charge in [-0.25, -0.2) is 0 Å².